The van der Waals surface area contributed by atoms with Gasteiger partial charge in [0.25, 0.3) is 0 Å². The average Bonchev–Trinajstić information content (AvgIpc) is 2.15. The summed E-state index contributed by atoms with van der Waals surface area (Å²) in [7, 11) is 1.32. The second-order valence-electron chi connectivity index (χ2n) is 3.31. The number of esters is 1. The maximum atomic E-state index is 13.3. The fourth-order valence-corrected chi connectivity index (χ4v) is 0.899. The van der Waals surface area contributed by atoms with Crippen LogP contribution in [0.25, 0.3) is 0 Å². The first-order valence-corrected chi connectivity index (χ1v) is 4.56. The Bertz CT molecular complexity index is 216. The van der Waals surface area contributed by atoms with Crippen molar-refractivity contribution in [3.8, 4) is 0 Å². The van der Waals surface area contributed by atoms with Crippen molar-refractivity contribution < 1.29 is 28.2 Å². The highest BCUT2D eigenvalue weighted by molar-refractivity contribution is 5.79. The third-order valence-electron chi connectivity index (χ3n) is 2.00. The number of alkyl halides is 2. The summed E-state index contributed by atoms with van der Waals surface area (Å²) in [6, 6.07) is 0. The SMILES string of the molecule is CCOC(=O)C(F)(F)C(C)(O)CCOC. The molecule has 0 bridgehead atoms. The van der Waals surface area contributed by atoms with Gasteiger partial charge in [0.15, 0.2) is 0 Å². The summed E-state index contributed by atoms with van der Waals surface area (Å²) in [4.78, 5) is 10.9. The number of carbonyl (C=O) groups excluding carboxylic acids is 1. The Kier molecular flexibility index (Phi) is 5.10. The van der Waals surface area contributed by atoms with E-state index in [0.29, 0.717) is 0 Å². The van der Waals surface area contributed by atoms with E-state index in [2.05, 4.69) is 9.47 Å². The van der Waals surface area contributed by atoms with Crippen molar-refractivity contribution in [2.45, 2.75) is 31.8 Å². The number of halogens is 2. The molecular weight excluding hydrogens is 210 g/mol. The predicted molar refractivity (Wildman–Crippen MR) is 48.7 cm³/mol. The third kappa shape index (κ3) is 3.39. The van der Waals surface area contributed by atoms with Gasteiger partial charge in [0, 0.05) is 20.1 Å². The first-order valence-electron chi connectivity index (χ1n) is 4.56. The van der Waals surface area contributed by atoms with Crippen molar-refractivity contribution in [2.24, 2.45) is 0 Å². The molecule has 0 fully saturated rings. The fraction of sp³-hybridized carbons (Fsp3) is 0.889. The van der Waals surface area contributed by atoms with Crippen LogP contribution >= 0.6 is 0 Å². The van der Waals surface area contributed by atoms with E-state index in [1.54, 1.807) is 0 Å². The molecule has 0 aliphatic rings. The standard InChI is InChI=1S/C9H16F2O4/c1-4-15-7(12)9(10,11)8(2,13)5-6-14-3/h13H,4-6H2,1-3H3. The summed E-state index contributed by atoms with van der Waals surface area (Å²) in [6.07, 6.45) is -0.352. The first kappa shape index (κ1) is 14.2. The average molecular weight is 226 g/mol. The van der Waals surface area contributed by atoms with Crippen LogP contribution in [0.5, 0.6) is 0 Å². The molecule has 1 N–H and O–H groups in total. The van der Waals surface area contributed by atoms with Crippen molar-refractivity contribution in [3.63, 3.8) is 0 Å². The lowest BCUT2D eigenvalue weighted by Gasteiger charge is -2.30. The van der Waals surface area contributed by atoms with E-state index < -0.39 is 17.5 Å². The van der Waals surface area contributed by atoms with Crippen LogP contribution in [0, 0.1) is 0 Å². The second kappa shape index (κ2) is 5.37. The lowest BCUT2D eigenvalue weighted by atomic mass is 9.94. The molecule has 1 unspecified atom stereocenters. The number of ether oxygens (including phenoxy) is 2. The molecule has 0 saturated heterocycles. The minimum atomic E-state index is -3.93. The molecule has 1 atom stereocenters. The molecule has 90 valence electrons. The quantitative estimate of drug-likeness (QED) is 0.686. The van der Waals surface area contributed by atoms with Crippen LogP contribution in [0.1, 0.15) is 20.3 Å². The second-order valence-corrected chi connectivity index (χ2v) is 3.31. The summed E-state index contributed by atoms with van der Waals surface area (Å²) in [5.41, 5.74) is -2.46. The Morgan fingerprint density at radius 2 is 2.00 bits per heavy atom. The largest absolute Gasteiger partial charge is 0.461 e. The lowest BCUT2D eigenvalue weighted by molar-refractivity contribution is -0.212. The van der Waals surface area contributed by atoms with Crippen molar-refractivity contribution in [1.82, 2.24) is 0 Å². The van der Waals surface area contributed by atoms with Crippen LogP contribution < -0.4 is 0 Å². The Morgan fingerprint density at radius 3 is 2.40 bits per heavy atom. The smallest absolute Gasteiger partial charge is 0.380 e. The molecule has 4 nitrogen and oxygen atoms in total. The van der Waals surface area contributed by atoms with Crippen LogP contribution in [0.4, 0.5) is 8.78 Å². The summed E-state index contributed by atoms with van der Waals surface area (Å²) in [5.74, 6) is -5.65. The number of methoxy groups -OCH3 is 1. The van der Waals surface area contributed by atoms with E-state index in [1.807, 2.05) is 0 Å². The molecule has 0 aliphatic carbocycles. The predicted octanol–water partition coefficient (Wildman–Crippen LogP) is 0.972. The van der Waals surface area contributed by atoms with Gasteiger partial charge in [-0.25, -0.2) is 4.79 Å². The van der Waals surface area contributed by atoms with E-state index in [9.17, 15) is 18.7 Å². The molecule has 0 rings (SSSR count). The van der Waals surface area contributed by atoms with Gasteiger partial charge < -0.3 is 14.6 Å². The molecule has 0 heterocycles. The van der Waals surface area contributed by atoms with Crippen LogP contribution in [-0.4, -0.2) is 42.9 Å². The molecule has 0 amide bonds. The fourth-order valence-electron chi connectivity index (χ4n) is 0.899. The number of hydrogen-bond donors (Lipinski definition) is 1. The van der Waals surface area contributed by atoms with Crippen molar-refractivity contribution in [1.29, 1.82) is 0 Å². The lowest BCUT2D eigenvalue weighted by Crippen LogP contribution is -2.52. The Balaban J connectivity index is 4.59. The summed E-state index contributed by atoms with van der Waals surface area (Å²) >= 11 is 0. The monoisotopic (exact) mass is 226 g/mol. The van der Waals surface area contributed by atoms with Gasteiger partial charge in [-0.05, 0) is 13.8 Å². The zero-order valence-corrected chi connectivity index (χ0v) is 9.05. The van der Waals surface area contributed by atoms with E-state index >= 15 is 0 Å². The number of carbonyl (C=O) groups is 1. The third-order valence-corrected chi connectivity index (χ3v) is 2.00. The van der Waals surface area contributed by atoms with Crippen molar-refractivity contribution in [3.05, 3.63) is 0 Å². The highest BCUT2D eigenvalue weighted by Gasteiger charge is 2.56. The molecule has 0 aromatic carbocycles. The normalized spacial score (nSPS) is 15.9. The van der Waals surface area contributed by atoms with Crippen LogP contribution in [0.15, 0.2) is 0 Å². The van der Waals surface area contributed by atoms with E-state index in [1.165, 1.54) is 14.0 Å². The maximum Gasteiger partial charge on any atom is 0.380 e. The molecule has 0 aromatic heterocycles. The Hall–Kier alpha value is -0.750. The van der Waals surface area contributed by atoms with Gasteiger partial charge >= 0.3 is 11.9 Å². The highest BCUT2D eigenvalue weighted by Crippen LogP contribution is 2.32. The van der Waals surface area contributed by atoms with Crippen molar-refractivity contribution >= 4 is 5.97 Å². The first-order chi connectivity index (χ1) is 6.79. The van der Waals surface area contributed by atoms with Gasteiger partial charge in [-0.15, -0.1) is 0 Å². The highest BCUT2D eigenvalue weighted by atomic mass is 19.3. The molecule has 0 radical (unpaired) electrons. The molecule has 0 spiro atoms. The van der Waals surface area contributed by atoms with E-state index in [0.717, 1.165) is 6.92 Å². The van der Waals surface area contributed by atoms with Gasteiger partial charge in [0.1, 0.15) is 5.60 Å². The number of hydrogen-bond acceptors (Lipinski definition) is 4. The van der Waals surface area contributed by atoms with Crippen molar-refractivity contribution in [2.75, 3.05) is 20.3 Å². The van der Waals surface area contributed by atoms with Crippen LogP contribution in [0.2, 0.25) is 0 Å². The molecule has 0 saturated carbocycles. The van der Waals surface area contributed by atoms with Gasteiger partial charge in [0.2, 0.25) is 0 Å². The Labute approximate surface area is 87.2 Å². The van der Waals surface area contributed by atoms with Gasteiger partial charge in [0.05, 0.1) is 6.61 Å². The molecule has 0 aliphatic heterocycles. The summed E-state index contributed by atoms with van der Waals surface area (Å²) in [6.45, 7) is 2.07. The topological polar surface area (TPSA) is 55.8 Å². The minimum absolute atomic E-state index is 0.0675. The van der Waals surface area contributed by atoms with Gasteiger partial charge in [-0.3, -0.25) is 0 Å². The molecular formula is C9H16F2O4. The van der Waals surface area contributed by atoms with E-state index in [-0.39, 0.29) is 19.6 Å². The molecule has 0 aromatic rings. The zero-order valence-electron chi connectivity index (χ0n) is 9.05. The van der Waals surface area contributed by atoms with Crippen LogP contribution in [-0.2, 0) is 14.3 Å². The maximum absolute atomic E-state index is 13.3. The van der Waals surface area contributed by atoms with E-state index in [4.69, 9.17) is 0 Å². The summed E-state index contributed by atoms with van der Waals surface area (Å²) < 4.78 is 35.4. The molecule has 15 heavy (non-hydrogen) atoms. The molecule has 6 heteroatoms. The van der Waals surface area contributed by atoms with Gasteiger partial charge in [-0.2, -0.15) is 8.78 Å². The Morgan fingerprint density at radius 1 is 1.47 bits per heavy atom. The number of rotatable bonds is 6. The number of aliphatic hydroxyl groups is 1. The zero-order chi connectivity index (χ0) is 12.1. The van der Waals surface area contributed by atoms with Gasteiger partial charge in [-0.1, -0.05) is 0 Å². The minimum Gasteiger partial charge on any atom is -0.461 e. The summed E-state index contributed by atoms with van der Waals surface area (Å²) in [5, 5.41) is 9.44. The van der Waals surface area contributed by atoms with Crippen LogP contribution in [0.3, 0.4) is 0 Å².